The van der Waals surface area contributed by atoms with E-state index in [1.807, 2.05) is 24.3 Å². The number of hydrogen-bond donors (Lipinski definition) is 2. The van der Waals surface area contributed by atoms with Gasteiger partial charge in [0.25, 0.3) is 0 Å². The average Bonchev–Trinajstić information content (AvgIpc) is 3.06. The molecule has 3 rings (SSSR count). The van der Waals surface area contributed by atoms with Crippen molar-refractivity contribution in [3.63, 3.8) is 0 Å². The third kappa shape index (κ3) is 4.64. The predicted octanol–water partition coefficient (Wildman–Crippen LogP) is 1.72. The van der Waals surface area contributed by atoms with Crippen LogP contribution in [0, 0.1) is 0 Å². The van der Waals surface area contributed by atoms with Crippen molar-refractivity contribution < 1.29 is 19.5 Å². The maximum atomic E-state index is 12.2. The molecule has 8 heteroatoms. The molecule has 1 saturated heterocycles. The van der Waals surface area contributed by atoms with Gasteiger partial charge in [0.1, 0.15) is 5.60 Å². The highest BCUT2D eigenvalue weighted by atomic mass is 16.7. The molecule has 27 heavy (non-hydrogen) atoms. The Morgan fingerprint density at radius 2 is 1.96 bits per heavy atom. The van der Waals surface area contributed by atoms with Gasteiger partial charge < -0.3 is 20.7 Å². The highest BCUT2D eigenvalue weighted by Gasteiger charge is 2.43. The number of hydrazone groups is 1. The van der Waals surface area contributed by atoms with Crippen LogP contribution in [0.25, 0.3) is 0 Å². The van der Waals surface area contributed by atoms with Crippen molar-refractivity contribution >= 4 is 23.8 Å². The number of carboxylic acids is 1. The fourth-order valence-corrected chi connectivity index (χ4v) is 3.50. The zero-order valence-corrected chi connectivity index (χ0v) is 15.1. The first-order chi connectivity index (χ1) is 13.0. The van der Waals surface area contributed by atoms with Gasteiger partial charge in [0.05, 0.1) is 11.9 Å². The van der Waals surface area contributed by atoms with E-state index in [0.29, 0.717) is 19.5 Å². The number of amides is 1. The third-order valence-electron chi connectivity index (χ3n) is 5.12. The second kappa shape index (κ2) is 8.20. The second-order valence-corrected chi connectivity index (χ2v) is 7.02. The Labute approximate surface area is 157 Å². The number of carbonyl (C=O) groups excluding carboxylic acids is 1. The first kappa shape index (κ1) is 18.9. The lowest BCUT2D eigenvalue weighted by atomic mass is 9.85. The van der Waals surface area contributed by atoms with Crippen molar-refractivity contribution in [2.75, 3.05) is 13.1 Å². The smallest absolute Gasteiger partial charge is 0.303 e. The van der Waals surface area contributed by atoms with Crippen molar-refractivity contribution in [2.24, 2.45) is 16.1 Å². The molecule has 1 aromatic rings. The first-order valence-electron chi connectivity index (χ1n) is 9.10. The highest BCUT2D eigenvalue weighted by molar-refractivity contribution is 6.02. The molecule has 0 bridgehead atoms. The van der Waals surface area contributed by atoms with Crippen molar-refractivity contribution in [3.8, 4) is 0 Å². The monoisotopic (exact) mass is 372 g/mol. The maximum Gasteiger partial charge on any atom is 0.303 e. The number of aliphatic carboxylic acids is 1. The van der Waals surface area contributed by atoms with E-state index in [-0.39, 0.29) is 24.3 Å². The quantitative estimate of drug-likeness (QED) is 0.448. The van der Waals surface area contributed by atoms with E-state index in [4.69, 9.17) is 15.8 Å². The Bertz CT molecular complexity index is 749. The molecule has 1 amide bonds. The summed E-state index contributed by atoms with van der Waals surface area (Å²) in [5, 5.41) is 16.5. The number of piperidine rings is 1. The molecule has 144 valence electrons. The number of carboxylic acid groups (broad SMARTS) is 1. The number of carbonyl (C=O) groups is 2. The lowest BCUT2D eigenvalue weighted by Gasteiger charge is -2.37. The van der Waals surface area contributed by atoms with E-state index >= 15 is 0 Å². The number of hydrogen-bond acceptors (Lipinski definition) is 6. The van der Waals surface area contributed by atoms with E-state index in [1.165, 1.54) is 0 Å². The summed E-state index contributed by atoms with van der Waals surface area (Å²) >= 11 is 0. The summed E-state index contributed by atoms with van der Waals surface area (Å²) in [7, 11) is 0. The summed E-state index contributed by atoms with van der Waals surface area (Å²) in [5.74, 6) is 4.31. The number of rotatable bonds is 6. The molecule has 1 fully saturated rings. The molecule has 3 N–H and O–H groups in total. The zero-order chi connectivity index (χ0) is 19.3. The zero-order valence-electron chi connectivity index (χ0n) is 15.1. The van der Waals surface area contributed by atoms with Gasteiger partial charge in [-0.2, -0.15) is 5.10 Å². The lowest BCUT2D eigenvalue weighted by molar-refractivity contribution is -0.138. The fourth-order valence-electron chi connectivity index (χ4n) is 3.50. The summed E-state index contributed by atoms with van der Waals surface area (Å²) in [6, 6.07) is 7.80. The molecule has 2 heterocycles. The van der Waals surface area contributed by atoms with Crippen LogP contribution in [0.4, 0.5) is 0 Å². The highest BCUT2D eigenvalue weighted by Crippen LogP contribution is 2.36. The molecule has 0 saturated carbocycles. The van der Waals surface area contributed by atoms with Crippen LogP contribution >= 0.6 is 0 Å². The van der Waals surface area contributed by atoms with Gasteiger partial charge in [-0.15, -0.1) is 0 Å². The first-order valence-corrected chi connectivity index (χ1v) is 9.10. The Morgan fingerprint density at radius 1 is 1.26 bits per heavy atom. The van der Waals surface area contributed by atoms with Gasteiger partial charge in [-0.3, -0.25) is 9.59 Å². The lowest BCUT2D eigenvalue weighted by Crippen LogP contribution is -2.46. The van der Waals surface area contributed by atoms with Crippen LogP contribution in [0.5, 0.6) is 0 Å². The van der Waals surface area contributed by atoms with Gasteiger partial charge in [0.15, 0.2) is 0 Å². The van der Waals surface area contributed by atoms with Gasteiger partial charge >= 0.3 is 5.97 Å². The Hall–Kier alpha value is -2.90. The summed E-state index contributed by atoms with van der Waals surface area (Å²) in [6.07, 6.45) is 4.44. The van der Waals surface area contributed by atoms with Gasteiger partial charge in [-0.05, 0) is 17.5 Å². The predicted molar refractivity (Wildman–Crippen MR) is 100 cm³/mol. The molecule has 8 nitrogen and oxygen atoms in total. The van der Waals surface area contributed by atoms with Crippen LogP contribution in [-0.4, -0.2) is 52.5 Å². The number of nitrogens with two attached hydrogens (primary N) is 1. The van der Waals surface area contributed by atoms with Crippen molar-refractivity contribution in [2.45, 2.75) is 44.1 Å². The van der Waals surface area contributed by atoms with E-state index < -0.39 is 5.97 Å². The molecule has 0 radical (unpaired) electrons. The van der Waals surface area contributed by atoms with E-state index in [2.05, 4.69) is 10.3 Å². The minimum atomic E-state index is -0.868. The van der Waals surface area contributed by atoms with Gasteiger partial charge in [-0.1, -0.05) is 29.4 Å². The minimum Gasteiger partial charge on any atom is -0.481 e. The summed E-state index contributed by atoms with van der Waals surface area (Å²) in [4.78, 5) is 30.4. The molecule has 1 spiro atoms. The molecular weight excluding hydrogens is 348 g/mol. The standard InChI is InChI=1S/C19H24N4O4/c20-21-13-14-4-6-15(7-5-14)16-12-19(27-22-16)8-10-23(11-9-19)17(24)2-1-3-18(25)26/h4-7,13H,1-3,8-12,20H2,(H,25,26). The van der Waals surface area contributed by atoms with Crippen LogP contribution in [0.2, 0.25) is 0 Å². The fraction of sp³-hybridized carbons (Fsp3) is 0.474. The van der Waals surface area contributed by atoms with Crippen LogP contribution < -0.4 is 5.84 Å². The summed E-state index contributed by atoms with van der Waals surface area (Å²) in [5.41, 5.74) is 2.50. The molecular formula is C19H24N4O4. The van der Waals surface area contributed by atoms with Crippen LogP contribution in [-0.2, 0) is 14.4 Å². The Morgan fingerprint density at radius 3 is 2.59 bits per heavy atom. The van der Waals surface area contributed by atoms with E-state index in [9.17, 15) is 9.59 Å². The number of likely N-dealkylation sites (tertiary alicyclic amines) is 1. The molecule has 2 aliphatic rings. The van der Waals surface area contributed by atoms with Crippen LogP contribution in [0.15, 0.2) is 34.5 Å². The van der Waals surface area contributed by atoms with Crippen molar-refractivity contribution in [1.29, 1.82) is 0 Å². The largest absolute Gasteiger partial charge is 0.481 e. The Balaban J connectivity index is 1.51. The number of nitrogens with zero attached hydrogens (tertiary/aromatic N) is 3. The third-order valence-corrected chi connectivity index (χ3v) is 5.12. The average molecular weight is 372 g/mol. The summed E-state index contributed by atoms with van der Waals surface area (Å²) in [6.45, 7) is 1.22. The molecule has 0 atom stereocenters. The normalized spacial score (nSPS) is 18.5. The van der Waals surface area contributed by atoms with Gasteiger partial charge in [0.2, 0.25) is 5.91 Å². The van der Waals surface area contributed by atoms with Crippen molar-refractivity contribution in [1.82, 2.24) is 4.90 Å². The van der Waals surface area contributed by atoms with Gasteiger partial charge in [-0.25, -0.2) is 0 Å². The Kier molecular flexibility index (Phi) is 5.73. The SMILES string of the molecule is NN=Cc1ccc(C2=NOC3(CCN(C(=O)CCCC(=O)O)CC3)C2)cc1. The number of benzene rings is 1. The van der Waals surface area contributed by atoms with E-state index in [1.54, 1.807) is 11.1 Å². The molecule has 1 aromatic carbocycles. The minimum absolute atomic E-state index is 0.0161. The molecule has 0 aromatic heterocycles. The van der Waals surface area contributed by atoms with Crippen LogP contribution in [0.1, 0.15) is 49.7 Å². The molecule has 0 aliphatic carbocycles. The number of oxime groups is 1. The maximum absolute atomic E-state index is 12.2. The van der Waals surface area contributed by atoms with Crippen LogP contribution in [0.3, 0.4) is 0 Å². The summed E-state index contributed by atoms with van der Waals surface area (Å²) < 4.78 is 0. The topological polar surface area (TPSA) is 118 Å². The second-order valence-electron chi connectivity index (χ2n) is 7.02. The molecule has 2 aliphatic heterocycles. The van der Waals surface area contributed by atoms with Gasteiger partial charge in [0, 0.05) is 45.2 Å². The van der Waals surface area contributed by atoms with Crippen molar-refractivity contribution in [3.05, 3.63) is 35.4 Å². The molecule has 0 unspecified atom stereocenters. The van der Waals surface area contributed by atoms with E-state index in [0.717, 1.165) is 36.1 Å².